The molecule has 0 aliphatic heterocycles. The summed E-state index contributed by atoms with van der Waals surface area (Å²) in [6.07, 6.45) is 80.0. The van der Waals surface area contributed by atoms with Gasteiger partial charge in [0, 0.05) is 0 Å². The van der Waals surface area contributed by atoms with Gasteiger partial charge in [-0.3, -0.25) is 0 Å². The molecule has 58 heavy (non-hydrogen) atoms. The van der Waals surface area contributed by atoms with Gasteiger partial charge in [0.05, 0.1) is 0 Å². The molecule has 0 atom stereocenters. The second-order valence-electron chi connectivity index (χ2n) is 20.4. The van der Waals surface area contributed by atoms with E-state index >= 15 is 0 Å². The number of hydrogen-bond acceptors (Lipinski definition) is 0. The molecular formula is C57H119P. The topological polar surface area (TPSA) is 0 Å². The predicted octanol–water partition coefficient (Wildman–Crippen LogP) is 21.9. The van der Waals surface area contributed by atoms with Crippen molar-refractivity contribution in [3.05, 3.63) is 0 Å². The van der Waals surface area contributed by atoms with Gasteiger partial charge in [0.15, 0.2) is 0 Å². The molecule has 0 radical (unpaired) electrons. The van der Waals surface area contributed by atoms with Gasteiger partial charge in [-0.25, -0.2) is 0 Å². The van der Waals surface area contributed by atoms with Crippen molar-refractivity contribution in [1.29, 1.82) is 0 Å². The molecule has 0 heterocycles. The molecule has 352 valence electrons. The van der Waals surface area contributed by atoms with Crippen molar-refractivity contribution >= 4 is 7.26 Å². The number of hydrogen-bond donors (Lipinski definition) is 0. The van der Waals surface area contributed by atoms with Gasteiger partial charge in [0.2, 0.25) is 0 Å². The minimum absolute atomic E-state index is 1.16. The Hall–Kier alpha value is 0.430. The standard InChI is InChI=1S/C57H119P/c1-5-9-13-17-20-23-26-29-32-35-38-41-44-47-51-55-58(54-50-16-12-8-4,56-52-48-45-42-39-36-33-30-27-24-21-18-14-10-6-2)57-53-49-46-43-40-37-34-31-28-25-22-19-15-11-7-3/h58H,5-57H2,1-4H3. The van der Waals surface area contributed by atoms with E-state index in [-0.39, 0.29) is 0 Å². The molecule has 0 aromatic carbocycles. The molecule has 0 spiro atoms. The van der Waals surface area contributed by atoms with Crippen molar-refractivity contribution in [2.75, 3.05) is 24.6 Å². The predicted molar refractivity (Wildman–Crippen MR) is 277 cm³/mol. The Kier molecular flexibility index (Phi) is 52.2. The molecule has 0 saturated carbocycles. The van der Waals surface area contributed by atoms with Gasteiger partial charge < -0.3 is 0 Å². The third-order valence-corrected chi connectivity index (χ3v) is 20.1. The fraction of sp³-hybridized carbons (Fsp3) is 1.00. The Labute approximate surface area is 372 Å². The van der Waals surface area contributed by atoms with E-state index in [9.17, 15) is 0 Å². The first-order valence-electron chi connectivity index (χ1n) is 28.7. The van der Waals surface area contributed by atoms with E-state index in [2.05, 4.69) is 27.7 Å². The molecule has 0 nitrogen and oxygen atoms in total. The second-order valence-corrected chi connectivity index (χ2v) is 25.4. The van der Waals surface area contributed by atoms with Gasteiger partial charge in [-0.2, -0.15) is 0 Å². The maximum absolute atomic E-state index is 2.41. The molecule has 0 aromatic heterocycles. The molecule has 1 heteroatoms. The molecule has 0 aromatic rings. The zero-order valence-electron chi connectivity index (χ0n) is 42.0. The maximum atomic E-state index is 2.41. The van der Waals surface area contributed by atoms with Crippen LogP contribution in [0.2, 0.25) is 0 Å². The minimum Gasteiger partial charge on any atom is -0.0654 e. The average molecular weight is 836 g/mol. The molecule has 0 unspecified atom stereocenters. The van der Waals surface area contributed by atoms with E-state index in [1.807, 2.05) is 0 Å². The van der Waals surface area contributed by atoms with Crippen LogP contribution in [-0.4, -0.2) is 24.6 Å². The van der Waals surface area contributed by atoms with E-state index < -0.39 is 7.26 Å². The van der Waals surface area contributed by atoms with Gasteiger partial charge in [0.25, 0.3) is 0 Å². The van der Waals surface area contributed by atoms with E-state index in [1.165, 1.54) is 270 Å². The van der Waals surface area contributed by atoms with Crippen molar-refractivity contribution in [1.82, 2.24) is 0 Å². The van der Waals surface area contributed by atoms with E-state index in [4.69, 9.17) is 0 Å². The molecule has 0 amide bonds. The Bertz CT molecular complexity index is 616. The van der Waals surface area contributed by atoms with Crippen LogP contribution in [0.3, 0.4) is 0 Å². The summed E-state index contributed by atoms with van der Waals surface area (Å²) in [5.41, 5.74) is 0. The van der Waals surface area contributed by atoms with Crippen LogP contribution >= 0.6 is 7.26 Å². The molecule has 0 bridgehead atoms. The summed E-state index contributed by atoms with van der Waals surface area (Å²) in [7, 11) is -1.16. The van der Waals surface area contributed by atoms with Crippen LogP contribution < -0.4 is 0 Å². The third-order valence-electron chi connectivity index (χ3n) is 14.5. The van der Waals surface area contributed by atoms with E-state index in [0.29, 0.717) is 0 Å². The smallest absolute Gasteiger partial charge is 0.0654 e. The summed E-state index contributed by atoms with van der Waals surface area (Å²) < 4.78 is 0. The van der Waals surface area contributed by atoms with Crippen LogP contribution in [0.5, 0.6) is 0 Å². The Morgan fingerprint density at radius 2 is 0.241 bits per heavy atom. The number of unbranched alkanes of at least 4 members (excludes halogenated alkanes) is 45. The monoisotopic (exact) mass is 835 g/mol. The Morgan fingerprint density at radius 1 is 0.138 bits per heavy atom. The zero-order valence-corrected chi connectivity index (χ0v) is 43.0. The second kappa shape index (κ2) is 51.8. The average Bonchev–Trinajstić information content (AvgIpc) is 3.23. The SMILES string of the molecule is CCCCCCCCCCCCCCCCC[PH](CCCCCC)(CCCCCCCCCCCCCCCCC)CCCCCCCCCCCCCCCCC. The Morgan fingerprint density at radius 3 is 0.379 bits per heavy atom. The molecule has 0 rings (SSSR count). The van der Waals surface area contributed by atoms with Crippen LogP contribution in [0.25, 0.3) is 0 Å². The van der Waals surface area contributed by atoms with Crippen LogP contribution in [0, 0.1) is 0 Å². The summed E-state index contributed by atoms with van der Waals surface area (Å²) in [4.78, 5) is 0. The third kappa shape index (κ3) is 45.9. The van der Waals surface area contributed by atoms with Crippen LogP contribution in [-0.2, 0) is 0 Å². The summed E-state index contributed by atoms with van der Waals surface area (Å²) >= 11 is 0. The van der Waals surface area contributed by atoms with Crippen LogP contribution in [0.1, 0.15) is 342 Å². The van der Waals surface area contributed by atoms with E-state index in [1.54, 1.807) is 69.6 Å². The minimum atomic E-state index is -1.16. The fourth-order valence-corrected chi connectivity index (χ4v) is 15.8. The van der Waals surface area contributed by atoms with Crippen molar-refractivity contribution in [3.8, 4) is 0 Å². The number of rotatable bonds is 53. The first-order chi connectivity index (χ1) is 28.7. The molecule has 0 N–H and O–H groups in total. The van der Waals surface area contributed by atoms with Crippen molar-refractivity contribution in [2.24, 2.45) is 0 Å². The summed E-state index contributed by atoms with van der Waals surface area (Å²) in [5.74, 6) is 0. The normalized spacial score (nSPS) is 12.3. The Balaban J connectivity index is 4.58. The first-order valence-corrected chi connectivity index (χ1v) is 31.6. The molecular weight excluding hydrogens is 716 g/mol. The van der Waals surface area contributed by atoms with Gasteiger partial charge >= 0.3 is 276 Å². The van der Waals surface area contributed by atoms with E-state index in [0.717, 1.165) is 0 Å². The summed E-state index contributed by atoms with van der Waals surface area (Å²) in [6, 6.07) is 0. The quantitative estimate of drug-likeness (QED) is 0.0423. The van der Waals surface area contributed by atoms with Gasteiger partial charge in [-0.15, -0.1) is 0 Å². The molecule has 0 fully saturated rings. The van der Waals surface area contributed by atoms with Gasteiger partial charge in [0.1, 0.15) is 0 Å². The van der Waals surface area contributed by atoms with Gasteiger partial charge in [-0.1, -0.05) is 97.8 Å². The molecule has 0 saturated heterocycles. The van der Waals surface area contributed by atoms with Crippen LogP contribution in [0.15, 0.2) is 0 Å². The molecule has 0 aliphatic rings. The van der Waals surface area contributed by atoms with Crippen molar-refractivity contribution in [3.63, 3.8) is 0 Å². The van der Waals surface area contributed by atoms with Crippen molar-refractivity contribution in [2.45, 2.75) is 342 Å². The summed E-state index contributed by atoms with van der Waals surface area (Å²) in [6.45, 7) is 9.39. The first kappa shape index (κ1) is 58.4. The zero-order chi connectivity index (χ0) is 42.0. The van der Waals surface area contributed by atoms with Gasteiger partial charge in [-0.05, 0) is 0 Å². The van der Waals surface area contributed by atoms with Crippen molar-refractivity contribution < 1.29 is 0 Å². The van der Waals surface area contributed by atoms with Crippen LogP contribution in [0.4, 0.5) is 0 Å². The molecule has 0 aliphatic carbocycles. The summed E-state index contributed by atoms with van der Waals surface area (Å²) in [5, 5.41) is 0. The fourth-order valence-electron chi connectivity index (χ4n) is 10.3.